The second-order valence-electron chi connectivity index (χ2n) is 3.66. The van der Waals surface area contributed by atoms with E-state index in [1.54, 1.807) is 0 Å². The first-order valence-electron chi connectivity index (χ1n) is 5.28. The number of hydrogen-bond donors (Lipinski definition) is 1. The molecule has 8 heteroatoms. The third kappa shape index (κ3) is 3.09. The van der Waals surface area contributed by atoms with Gasteiger partial charge in [0.2, 0.25) is 0 Å². The lowest BCUT2D eigenvalue weighted by Gasteiger charge is -2.03. The van der Waals surface area contributed by atoms with Crippen LogP contribution in [0.5, 0.6) is 0 Å². The van der Waals surface area contributed by atoms with Gasteiger partial charge in [-0.2, -0.15) is 0 Å². The first-order chi connectivity index (χ1) is 9.47. The Bertz CT molecular complexity index is 676. The van der Waals surface area contributed by atoms with E-state index in [2.05, 4.69) is 4.98 Å². The van der Waals surface area contributed by atoms with Gasteiger partial charge in [-0.3, -0.25) is 10.1 Å². The highest BCUT2D eigenvalue weighted by Gasteiger charge is 2.16. The van der Waals surface area contributed by atoms with Crippen LogP contribution >= 0.6 is 11.8 Å². The molecule has 6 nitrogen and oxygen atoms in total. The number of halogens is 1. The van der Waals surface area contributed by atoms with Gasteiger partial charge < -0.3 is 5.11 Å². The van der Waals surface area contributed by atoms with Crippen molar-refractivity contribution in [3.63, 3.8) is 0 Å². The minimum absolute atomic E-state index is 0.0166. The Kier molecular flexibility index (Phi) is 3.94. The third-order valence-electron chi connectivity index (χ3n) is 2.32. The number of nitro groups is 1. The maximum Gasteiger partial charge on any atom is 0.337 e. The maximum absolute atomic E-state index is 13.0. The lowest BCUT2D eigenvalue weighted by molar-refractivity contribution is -0.387. The monoisotopic (exact) mass is 294 g/mol. The zero-order valence-corrected chi connectivity index (χ0v) is 10.6. The van der Waals surface area contributed by atoms with E-state index >= 15 is 0 Å². The summed E-state index contributed by atoms with van der Waals surface area (Å²) >= 11 is 0.959. The molecule has 20 heavy (non-hydrogen) atoms. The average molecular weight is 294 g/mol. The standard InChI is InChI=1S/C12H7FN2O4S/c13-8-2-3-10(9(5-8)15(18)19)20-11-4-1-7(6-14-11)12(16)17/h1-6H,(H,16,17). The molecular weight excluding hydrogens is 287 g/mol. The van der Waals surface area contributed by atoms with Gasteiger partial charge in [-0.25, -0.2) is 14.2 Å². The van der Waals surface area contributed by atoms with Gasteiger partial charge in [0.15, 0.2) is 0 Å². The van der Waals surface area contributed by atoms with Crippen LogP contribution in [-0.4, -0.2) is 21.0 Å². The molecule has 2 rings (SSSR count). The van der Waals surface area contributed by atoms with Gasteiger partial charge in [-0.1, -0.05) is 11.8 Å². The van der Waals surface area contributed by atoms with E-state index < -0.39 is 16.7 Å². The van der Waals surface area contributed by atoms with E-state index in [-0.39, 0.29) is 16.1 Å². The summed E-state index contributed by atoms with van der Waals surface area (Å²) in [5.74, 6) is -1.81. The Morgan fingerprint density at radius 3 is 2.65 bits per heavy atom. The molecule has 0 spiro atoms. The molecule has 1 aromatic heterocycles. The minimum Gasteiger partial charge on any atom is -0.478 e. The number of carboxylic acids is 1. The van der Waals surface area contributed by atoms with Crippen LogP contribution in [0.25, 0.3) is 0 Å². The summed E-state index contributed by atoms with van der Waals surface area (Å²) in [6.45, 7) is 0. The molecule has 0 bridgehead atoms. The van der Waals surface area contributed by atoms with E-state index in [0.29, 0.717) is 5.03 Å². The number of aromatic carboxylic acids is 1. The van der Waals surface area contributed by atoms with Gasteiger partial charge >= 0.3 is 5.97 Å². The fraction of sp³-hybridized carbons (Fsp3) is 0. The fourth-order valence-corrected chi connectivity index (χ4v) is 2.24. The summed E-state index contributed by atoms with van der Waals surface area (Å²) < 4.78 is 13.0. The van der Waals surface area contributed by atoms with Crippen LogP contribution in [0.1, 0.15) is 10.4 Å². The molecule has 2 aromatic rings. The minimum atomic E-state index is -1.11. The van der Waals surface area contributed by atoms with Crippen molar-refractivity contribution in [2.45, 2.75) is 9.92 Å². The largest absolute Gasteiger partial charge is 0.478 e. The van der Waals surface area contributed by atoms with E-state index in [9.17, 15) is 19.3 Å². The molecule has 0 aliphatic heterocycles. The zero-order valence-electron chi connectivity index (χ0n) is 9.82. The van der Waals surface area contributed by atoms with Gasteiger partial charge in [0.25, 0.3) is 5.69 Å². The van der Waals surface area contributed by atoms with Crippen LogP contribution in [0.4, 0.5) is 10.1 Å². The lowest BCUT2D eigenvalue weighted by atomic mass is 10.3. The van der Waals surface area contributed by atoms with Crippen LogP contribution in [-0.2, 0) is 0 Å². The smallest absolute Gasteiger partial charge is 0.337 e. The van der Waals surface area contributed by atoms with Crippen LogP contribution in [0.15, 0.2) is 46.5 Å². The Labute approximate surface area is 116 Å². The van der Waals surface area contributed by atoms with Crippen molar-refractivity contribution in [2.75, 3.05) is 0 Å². The van der Waals surface area contributed by atoms with E-state index in [1.165, 1.54) is 18.2 Å². The first-order valence-corrected chi connectivity index (χ1v) is 6.10. The number of carboxylic acid groups (broad SMARTS) is 1. The van der Waals surface area contributed by atoms with Crippen LogP contribution in [0, 0.1) is 15.9 Å². The van der Waals surface area contributed by atoms with E-state index in [1.807, 2.05) is 0 Å². The number of nitrogens with zero attached hydrogens (tertiary/aromatic N) is 2. The SMILES string of the molecule is O=C(O)c1ccc(Sc2ccc(F)cc2[N+](=O)[O-])nc1. The number of rotatable bonds is 4. The molecule has 0 aliphatic rings. The molecule has 0 saturated carbocycles. The van der Waals surface area contributed by atoms with E-state index in [0.717, 1.165) is 30.1 Å². The Hall–Kier alpha value is -2.48. The highest BCUT2D eigenvalue weighted by Crippen LogP contribution is 2.34. The molecule has 0 radical (unpaired) electrons. The van der Waals surface area contributed by atoms with E-state index in [4.69, 9.17) is 5.11 Å². The van der Waals surface area contributed by atoms with Crippen molar-refractivity contribution >= 4 is 23.4 Å². The van der Waals surface area contributed by atoms with Crippen LogP contribution in [0.2, 0.25) is 0 Å². The second kappa shape index (κ2) is 5.66. The van der Waals surface area contributed by atoms with Crippen molar-refractivity contribution < 1.29 is 19.2 Å². The maximum atomic E-state index is 13.0. The molecule has 0 fully saturated rings. The number of hydrogen-bond acceptors (Lipinski definition) is 5. The Morgan fingerprint density at radius 1 is 1.35 bits per heavy atom. The van der Waals surface area contributed by atoms with Crippen LogP contribution < -0.4 is 0 Å². The summed E-state index contributed by atoms with van der Waals surface area (Å²) in [6.07, 6.45) is 1.15. The summed E-state index contributed by atoms with van der Waals surface area (Å²) in [5, 5.41) is 19.9. The van der Waals surface area contributed by atoms with Gasteiger partial charge in [0, 0.05) is 6.20 Å². The number of pyridine rings is 1. The summed E-state index contributed by atoms with van der Waals surface area (Å²) in [4.78, 5) is 24.9. The molecule has 0 aliphatic carbocycles. The Balaban J connectivity index is 2.30. The number of benzene rings is 1. The topological polar surface area (TPSA) is 93.3 Å². The molecule has 0 atom stereocenters. The quantitative estimate of drug-likeness (QED) is 0.688. The normalized spacial score (nSPS) is 10.2. The summed E-state index contributed by atoms with van der Waals surface area (Å²) in [5.41, 5.74) is -0.345. The zero-order chi connectivity index (χ0) is 14.7. The second-order valence-corrected chi connectivity index (χ2v) is 4.72. The third-order valence-corrected chi connectivity index (χ3v) is 3.33. The molecular formula is C12H7FN2O4S. The predicted octanol–water partition coefficient (Wildman–Crippen LogP) is 2.98. The van der Waals surface area contributed by atoms with Crippen molar-refractivity contribution in [1.82, 2.24) is 4.98 Å². The predicted molar refractivity (Wildman–Crippen MR) is 68.4 cm³/mol. The Morgan fingerprint density at radius 2 is 2.10 bits per heavy atom. The summed E-state index contributed by atoms with van der Waals surface area (Å²) in [6, 6.07) is 5.99. The molecule has 102 valence electrons. The van der Waals surface area contributed by atoms with Crippen molar-refractivity contribution in [1.29, 1.82) is 0 Å². The number of nitro benzene ring substituents is 1. The molecule has 1 aromatic carbocycles. The lowest BCUT2D eigenvalue weighted by Crippen LogP contribution is -1.97. The molecule has 0 amide bonds. The highest BCUT2D eigenvalue weighted by molar-refractivity contribution is 7.99. The number of carbonyl (C=O) groups is 1. The van der Waals surface area contributed by atoms with Crippen molar-refractivity contribution in [2.24, 2.45) is 0 Å². The fourth-order valence-electron chi connectivity index (χ4n) is 1.40. The van der Waals surface area contributed by atoms with Crippen LogP contribution in [0.3, 0.4) is 0 Å². The highest BCUT2D eigenvalue weighted by atomic mass is 32.2. The molecule has 0 unspecified atom stereocenters. The number of aromatic nitrogens is 1. The first kappa shape index (κ1) is 13.9. The molecule has 1 heterocycles. The molecule has 1 N–H and O–H groups in total. The summed E-state index contributed by atoms with van der Waals surface area (Å²) in [7, 11) is 0. The van der Waals surface area contributed by atoms with Gasteiger partial charge in [-0.15, -0.1) is 0 Å². The average Bonchev–Trinajstić information content (AvgIpc) is 2.41. The molecule has 0 saturated heterocycles. The van der Waals surface area contributed by atoms with Crippen molar-refractivity contribution in [3.05, 3.63) is 58.0 Å². The van der Waals surface area contributed by atoms with Crippen molar-refractivity contribution in [3.8, 4) is 0 Å². The van der Waals surface area contributed by atoms with Gasteiger partial charge in [-0.05, 0) is 24.3 Å². The van der Waals surface area contributed by atoms with Gasteiger partial charge in [0.1, 0.15) is 10.8 Å². The van der Waals surface area contributed by atoms with Gasteiger partial charge in [0.05, 0.1) is 21.4 Å².